The molecule has 0 aliphatic heterocycles. The summed E-state index contributed by atoms with van der Waals surface area (Å²) < 4.78 is 0. The molecule has 0 heterocycles. The minimum absolute atomic E-state index is 0.141. The number of hydrogen-bond acceptors (Lipinski definition) is 4. The highest BCUT2D eigenvalue weighted by atomic mass is 35.5. The molecule has 7 nitrogen and oxygen atoms in total. The van der Waals surface area contributed by atoms with E-state index < -0.39 is 16.5 Å². The van der Waals surface area contributed by atoms with E-state index in [4.69, 9.17) is 11.6 Å². The molecule has 2 rings (SSSR count). The molecule has 8 heteroatoms. The number of benzene rings is 2. The molecule has 25 heavy (non-hydrogen) atoms. The minimum Gasteiger partial charge on any atom is -0.352 e. The van der Waals surface area contributed by atoms with E-state index in [0.717, 1.165) is 12.5 Å². The molecule has 0 aromatic heterocycles. The van der Waals surface area contributed by atoms with Crippen molar-refractivity contribution in [1.82, 2.24) is 5.32 Å². The Morgan fingerprint density at radius 1 is 1.12 bits per heavy atom. The van der Waals surface area contributed by atoms with Crippen molar-refractivity contribution >= 4 is 34.8 Å². The van der Waals surface area contributed by atoms with E-state index in [0.29, 0.717) is 6.54 Å². The fraction of sp³-hybridized carbons (Fsp3) is 0.176. The molecule has 0 aliphatic carbocycles. The zero-order valence-electron chi connectivity index (χ0n) is 13.4. The van der Waals surface area contributed by atoms with Crippen molar-refractivity contribution in [2.45, 2.75) is 13.3 Å². The number of carbonyl (C=O) groups is 2. The Morgan fingerprint density at radius 2 is 1.84 bits per heavy atom. The van der Waals surface area contributed by atoms with E-state index in [-0.39, 0.29) is 27.7 Å². The van der Waals surface area contributed by atoms with Crippen molar-refractivity contribution in [3.05, 3.63) is 68.7 Å². The summed E-state index contributed by atoms with van der Waals surface area (Å²) in [6, 6.07) is 10.2. The Bertz CT molecular complexity index is 823. The first-order valence-electron chi connectivity index (χ1n) is 7.56. The minimum atomic E-state index is -0.695. The van der Waals surface area contributed by atoms with Gasteiger partial charge >= 0.3 is 0 Å². The zero-order chi connectivity index (χ0) is 18.4. The molecule has 0 unspecified atom stereocenters. The zero-order valence-corrected chi connectivity index (χ0v) is 14.2. The number of carbonyl (C=O) groups excluding carboxylic acids is 2. The van der Waals surface area contributed by atoms with E-state index >= 15 is 0 Å². The molecule has 0 bridgehead atoms. The number of rotatable bonds is 6. The van der Waals surface area contributed by atoms with Crippen LogP contribution in [0, 0.1) is 10.1 Å². The topological polar surface area (TPSA) is 101 Å². The largest absolute Gasteiger partial charge is 0.352 e. The molecule has 2 N–H and O–H groups in total. The van der Waals surface area contributed by atoms with Crippen LogP contribution in [0.5, 0.6) is 0 Å². The number of nitrogens with one attached hydrogen (secondary N) is 2. The molecule has 0 saturated carbocycles. The van der Waals surface area contributed by atoms with Gasteiger partial charge in [-0.15, -0.1) is 0 Å². The summed E-state index contributed by atoms with van der Waals surface area (Å²) in [5, 5.41) is 16.6. The van der Waals surface area contributed by atoms with Gasteiger partial charge in [0.15, 0.2) is 0 Å². The lowest BCUT2D eigenvalue weighted by atomic mass is 10.1. The average molecular weight is 362 g/mol. The monoisotopic (exact) mass is 361 g/mol. The normalized spacial score (nSPS) is 10.2. The van der Waals surface area contributed by atoms with Gasteiger partial charge in [-0.25, -0.2) is 0 Å². The number of nitrogens with zero attached hydrogens (tertiary/aromatic N) is 1. The summed E-state index contributed by atoms with van der Waals surface area (Å²) in [5.41, 5.74) is 0.00218. The standard InChI is InChI=1S/C17H16ClN3O4/c1-2-9-19-16(22)12-5-3-4-6-14(12)20-17(23)13-8-7-11(18)10-15(13)21(24)25/h3-8,10H,2,9H2,1H3,(H,19,22)(H,20,23). The summed E-state index contributed by atoms with van der Waals surface area (Å²) in [6.45, 7) is 2.43. The van der Waals surface area contributed by atoms with Gasteiger partial charge in [0.05, 0.1) is 16.2 Å². The molecular formula is C17H16ClN3O4. The van der Waals surface area contributed by atoms with Crippen LogP contribution in [0.2, 0.25) is 5.02 Å². The maximum Gasteiger partial charge on any atom is 0.283 e. The lowest BCUT2D eigenvalue weighted by molar-refractivity contribution is -0.385. The van der Waals surface area contributed by atoms with Crippen molar-refractivity contribution in [2.75, 3.05) is 11.9 Å². The van der Waals surface area contributed by atoms with E-state index in [1.807, 2.05) is 6.92 Å². The van der Waals surface area contributed by atoms with Crippen molar-refractivity contribution < 1.29 is 14.5 Å². The van der Waals surface area contributed by atoms with E-state index in [2.05, 4.69) is 10.6 Å². The van der Waals surface area contributed by atoms with Gasteiger partial charge in [-0.1, -0.05) is 30.7 Å². The van der Waals surface area contributed by atoms with Crippen LogP contribution in [0.4, 0.5) is 11.4 Å². The molecule has 2 aromatic carbocycles. The number of nitro benzene ring substituents is 1. The first-order chi connectivity index (χ1) is 11.9. The number of para-hydroxylation sites is 1. The third-order valence-electron chi connectivity index (χ3n) is 3.36. The number of amides is 2. The van der Waals surface area contributed by atoms with E-state index in [1.54, 1.807) is 24.3 Å². The van der Waals surface area contributed by atoms with Crippen LogP contribution in [-0.4, -0.2) is 23.3 Å². The molecular weight excluding hydrogens is 346 g/mol. The van der Waals surface area contributed by atoms with Crippen molar-refractivity contribution in [2.24, 2.45) is 0 Å². The third-order valence-corrected chi connectivity index (χ3v) is 3.59. The van der Waals surface area contributed by atoms with Crippen LogP contribution in [-0.2, 0) is 0 Å². The SMILES string of the molecule is CCCNC(=O)c1ccccc1NC(=O)c1ccc(Cl)cc1[N+](=O)[O-]. The van der Waals surface area contributed by atoms with Crippen molar-refractivity contribution in [1.29, 1.82) is 0 Å². The molecule has 130 valence electrons. The van der Waals surface area contributed by atoms with Crippen LogP contribution in [0.25, 0.3) is 0 Å². The Labute approximate surface area is 149 Å². The fourth-order valence-corrected chi connectivity index (χ4v) is 2.33. The highest BCUT2D eigenvalue weighted by Crippen LogP contribution is 2.25. The van der Waals surface area contributed by atoms with Crippen LogP contribution >= 0.6 is 11.6 Å². The van der Waals surface area contributed by atoms with Gasteiger partial charge in [0.1, 0.15) is 5.56 Å². The Hall–Kier alpha value is -2.93. The quantitative estimate of drug-likeness (QED) is 0.605. The summed E-state index contributed by atoms with van der Waals surface area (Å²) in [6.07, 6.45) is 0.775. The fourth-order valence-electron chi connectivity index (χ4n) is 2.16. The van der Waals surface area contributed by atoms with Crippen LogP contribution in [0.15, 0.2) is 42.5 Å². The molecule has 2 aromatic rings. The third kappa shape index (κ3) is 4.54. The van der Waals surface area contributed by atoms with Gasteiger partial charge < -0.3 is 10.6 Å². The highest BCUT2D eigenvalue weighted by Gasteiger charge is 2.22. The average Bonchev–Trinajstić information content (AvgIpc) is 2.59. The Kier molecular flexibility index (Phi) is 6.08. The number of nitro groups is 1. The molecule has 0 spiro atoms. The molecule has 0 radical (unpaired) electrons. The molecule has 2 amide bonds. The van der Waals surface area contributed by atoms with E-state index in [9.17, 15) is 19.7 Å². The van der Waals surface area contributed by atoms with Gasteiger partial charge in [-0.3, -0.25) is 19.7 Å². The number of halogens is 1. The maximum atomic E-state index is 12.4. The van der Waals surface area contributed by atoms with Crippen LogP contribution in [0.1, 0.15) is 34.1 Å². The van der Waals surface area contributed by atoms with Gasteiger partial charge in [0.2, 0.25) is 0 Å². The van der Waals surface area contributed by atoms with Crippen LogP contribution in [0.3, 0.4) is 0 Å². The lowest BCUT2D eigenvalue weighted by Crippen LogP contribution is -2.26. The maximum absolute atomic E-state index is 12.4. The second-order valence-corrected chi connectivity index (χ2v) is 5.61. The molecule has 0 saturated heterocycles. The van der Waals surface area contributed by atoms with Crippen molar-refractivity contribution in [3.8, 4) is 0 Å². The summed E-state index contributed by atoms with van der Waals surface area (Å²) in [5.74, 6) is -1.03. The lowest BCUT2D eigenvalue weighted by Gasteiger charge is -2.11. The highest BCUT2D eigenvalue weighted by molar-refractivity contribution is 6.31. The second kappa shape index (κ2) is 8.25. The van der Waals surface area contributed by atoms with Gasteiger partial charge in [0, 0.05) is 17.6 Å². The van der Waals surface area contributed by atoms with Gasteiger partial charge in [-0.05, 0) is 30.7 Å². The second-order valence-electron chi connectivity index (χ2n) is 5.17. The molecule has 0 fully saturated rings. The first-order valence-corrected chi connectivity index (χ1v) is 7.94. The summed E-state index contributed by atoms with van der Waals surface area (Å²) in [4.78, 5) is 35.1. The van der Waals surface area contributed by atoms with Gasteiger partial charge in [0.25, 0.3) is 17.5 Å². The first kappa shape index (κ1) is 18.4. The number of anilines is 1. The van der Waals surface area contributed by atoms with Crippen molar-refractivity contribution in [3.63, 3.8) is 0 Å². The van der Waals surface area contributed by atoms with Gasteiger partial charge in [-0.2, -0.15) is 0 Å². The van der Waals surface area contributed by atoms with Crippen LogP contribution < -0.4 is 10.6 Å². The smallest absolute Gasteiger partial charge is 0.283 e. The number of hydrogen-bond donors (Lipinski definition) is 2. The van der Waals surface area contributed by atoms with E-state index in [1.165, 1.54) is 12.1 Å². The summed E-state index contributed by atoms with van der Waals surface area (Å²) in [7, 11) is 0. The Balaban J connectivity index is 2.30. The Morgan fingerprint density at radius 3 is 2.52 bits per heavy atom. The summed E-state index contributed by atoms with van der Waals surface area (Å²) >= 11 is 5.75. The molecule has 0 aliphatic rings. The predicted octanol–water partition coefficient (Wildman–Crippen LogP) is 3.64. The molecule has 0 atom stereocenters. The predicted molar refractivity (Wildman–Crippen MR) is 95.1 cm³/mol.